The number of aryl methyl sites for hydroxylation is 1. The smallest absolute Gasteiger partial charge is 0.303 e. The van der Waals surface area contributed by atoms with Gasteiger partial charge in [0.1, 0.15) is 5.16 Å². The number of alkyl halides is 3. The van der Waals surface area contributed by atoms with E-state index in [0.717, 1.165) is 59.1 Å². The number of aromatic nitrogens is 4. The second-order valence-electron chi connectivity index (χ2n) is 12.0. The zero-order chi connectivity index (χ0) is 30.5. The average molecular weight is 634 g/mol. The molecule has 8 rings (SSSR count). The summed E-state index contributed by atoms with van der Waals surface area (Å²) >= 11 is 13.1. The third-order valence-electron chi connectivity index (χ3n) is 9.23. The van der Waals surface area contributed by atoms with Gasteiger partial charge in [-0.3, -0.25) is 4.79 Å². The molecule has 4 aliphatic rings. The van der Waals surface area contributed by atoms with Crippen LogP contribution in [0.2, 0.25) is 5.02 Å². The van der Waals surface area contributed by atoms with Crippen molar-refractivity contribution >= 4 is 34.5 Å². The van der Waals surface area contributed by atoms with Crippen LogP contribution in [0.1, 0.15) is 59.3 Å². The lowest BCUT2D eigenvalue weighted by Crippen LogP contribution is -2.29. The molecule has 44 heavy (non-hydrogen) atoms. The van der Waals surface area contributed by atoms with Gasteiger partial charge in [0.25, 0.3) is 5.56 Å². The molecular formula is C33H24Cl2F3N5O. The van der Waals surface area contributed by atoms with E-state index in [1.165, 1.54) is 22.8 Å². The van der Waals surface area contributed by atoms with Crippen LogP contribution in [0.5, 0.6) is 0 Å². The van der Waals surface area contributed by atoms with Crippen LogP contribution >= 0.6 is 23.2 Å². The monoisotopic (exact) mass is 633 g/mol. The molecule has 6 nitrogen and oxygen atoms in total. The molecule has 1 fully saturated rings. The van der Waals surface area contributed by atoms with Crippen molar-refractivity contribution in [2.45, 2.75) is 50.2 Å². The van der Waals surface area contributed by atoms with E-state index in [9.17, 15) is 18.0 Å². The molecule has 11 heteroatoms. The van der Waals surface area contributed by atoms with Crippen LogP contribution in [-0.2, 0) is 19.0 Å². The van der Waals surface area contributed by atoms with Crippen LogP contribution in [0.25, 0.3) is 22.4 Å². The van der Waals surface area contributed by atoms with Crippen LogP contribution in [0, 0.1) is 5.92 Å². The van der Waals surface area contributed by atoms with Crippen LogP contribution in [0.3, 0.4) is 0 Å². The first-order valence-electron chi connectivity index (χ1n) is 14.4. The molecule has 0 saturated heterocycles. The molecular weight excluding hydrogens is 610 g/mol. The Morgan fingerprint density at radius 1 is 0.955 bits per heavy atom. The summed E-state index contributed by atoms with van der Waals surface area (Å²) in [5.41, 5.74) is 7.71. The third-order valence-corrected chi connectivity index (χ3v) is 9.78. The van der Waals surface area contributed by atoms with Gasteiger partial charge in [-0.15, -0.1) is 5.10 Å². The molecule has 0 amide bonds. The first kappa shape index (κ1) is 27.6. The summed E-state index contributed by atoms with van der Waals surface area (Å²) in [6.45, 7) is 4.14. The molecule has 0 radical (unpaired) electrons. The van der Waals surface area contributed by atoms with Gasteiger partial charge < -0.3 is 4.57 Å². The molecule has 0 bridgehead atoms. The number of hydrogen-bond acceptors (Lipinski definition) is 4. The van der Waals surface area contributed by atoms with Crippen LogP contribution in [0.4, 0.5) is 13.2 Å². The number of nitrogens with zero attached hydrogens (tertiary/aromatic N) is 5. The fourth-order valence-electron chi connectivity index (χ4n) is 7.05. The second kappa shape index (κ2) is 9.78. The number of benzene rings is 2. The lowest BCUT2D eigenvalue weighted by Gasteiger charge is -2.21. The van der Waals surface area contributed by atoms with Crippen molar-refractivity contribution in [3.63, 3.8) is 0 Å². The van der Waals surface area contributed by atoms with Gasteiger partial charge in [0.2, 0.25) is 0 Å². The number of rotatable bonds is 4. The van der Waals surface area contributed by atoms with Gasteiger partial charge in [-0.25, -0.2) is 9.67 Å². The minimum Gasteiger partial charge on any atom is -0.303 e. The summed E-state index contributed by atoms with van der Waals surface area (Å²) in [5.74, 6) is 0.416. The minimum absolute atomic E-state index is 0.181. The van der Waals surface area contributed by atoms with E-state index in [0.29, 0.717) is 33.4 Å². The molecule has 2 aliphatic carbocycles. The molecule has 3 unspecified atom stereocenters. The highest BCUT2D eigenvalue weighted by Crippen LogP contribution is 2.60. The standard InChI is InChI=1S/C33H24Cl2F3N5O/c1-16-2-3-18-9-19(5-4-17(18)8-16)23-14-26(39-32(23)35)31-25-13-24(25)28-10-20(11-30(44)43(28)31)22-12-21(34)6-7-27(22)42-15-29(40-41-42)33(36,37)38/h4-7,9-12,15,24-25,31H,1-3,8,13-14H2. The van der Waals surface area contributed by atoms with Gasteiger partial charge in [0, 0.05) is 46.0 Å². The Morgan fingerprint density at radius 2 is 1.80 bits per heavy atom. The highest BCUT2D eigenvalue weighted by molar-refractivity contribution is 6.35. The maximum Gasteiger partial charge on any atom is 0.436 e. The highest BCUT2D eigenvalue weighted by Gasteiger charge is 2.55. The molecule has 222 valence electrons. The molecule has 4 heterocycles. The van der Waals surface area contributed by atoms with Crippen LogP contribution in [-0.4, -0.2) is 25.3 Å². The van der Waals surface area contributed by atoms with Gasteiger partial charge in [0.05, 0.1) is 17.9 Å². The fourth-order valence-corrected chi connectivity index (χ4v) is 7.50. The first-order valence-corrected chi connectivity index (χ1v) is 15.1. The van der Waals surface area contributed by atoms with Gasteiger partial charge >= 0.3 is 6.18 Å². The van der Waals surface area contributed by atoms with E-state index in [1.807, 2.05) is 10.6 Å². The second-order valence-corrected chi connectivity index (χ2v) is 12.8. The quantitative estimate of drug-likeness (QED) is 0.169. The summed E-state index contributed by atoms with van der Waals surface area (Å²) in [4.78, 5) is 18.6. The molecule has 3 atom stereocenters. The van der Waals surface area contributed by atoms with Gasteiger partial charge in [-0.2, -0.15) is 13.2 Å². The van der Waals surface area contributed by atoms with E-state index in [1.54, 1.807) is 18.2 Å². The van der Waals surface area contributed by atoms with Gasteiger partial charge in [-0.1, -0.05) is 58.8 Å². The largest absolute Gasteiger partial charge is 0.436 e. The number of halogens is 5. The predicted molar refractivity (Wildman–Crippen MR) is 163 cm³/mol. The van der Waals surface area contributed by atoms with Crippen LogP contribution < -0.4 is 5.56 Å². The Kier molecular flexibility index (Phi) is 6.13. The van der Waals surface area contributed by atoms with Crippen molar-refractivity contribution in [3.05, 3.63) is 115 Å². The topological polar surface area (TPSA) is 65.1 Å². The lowest BCUT2D eigenvalue weighted by atomic mass is 9.86. The summed E-state index contributed by atoms with van der Waals surface area (Å²) in [6.07, 6.45) is 0.533. The Hall–Kier alpha value is -3.95. The Morgan fingerprint density at radius 3 is 2.59 bits per heavy atom. The maximum absolute atomic E-state index is 13.8. The summed E-state index contributed by atoms with van der Waals surface area (Å²) in [7, 11) is 0. The van der Waals surface area contributed by atoms with Crippen molar-refractivity contribution < 1.29 is 13.2 Å². The van der Waals surface area contributed by atoms with E-state index in [4.69, 9.17) is 28.2 Å². The number of hydrogen-bond donors (Lipinski definition) is 0. The zero-order valence-corrected chi connectivity index (χ0v) is 24.7. The van der Waals surface area contributed by atoms with E-state index in [-0.39, 0.29) is 23.4 Å². The number of aliphatic imine (C=N–C) groups is 1. The minimum atomic E-state index is -4.64. The highest BCUT2D eigenvalue weighted by atomic mass is 35.5. The van der Waals surface area contributed by atoms with Crippen molar-refractivity contribution in [1.29, 1.82) is 0 Å². The SMILES string of the molecule is C=C1CCc2cc(C3=C(Cl)N=C(C4C5CC5c5cc(-c6cc(Cl)ccc6-n6cc(C(F)(F)F)nn6)cc(=O)n54)C3)ccc2C1. The molecule has 2 aliphatic heterocycles. The Bertz CT molecular complexity index is 2040. The van der Waals surface area contributed by atoms with Crippen molar-refractivity contribution in [2.75, 3.05) is 0 Å². The van der Waals surface area contributed by atoms with Gasteiger partial charge in [-0.05, 0) is 78.1 Å². The summed E-state index contributed by atoms with van der Waals surface area (Å²) in [5, 5.41) is 7.83. The number of allylic oxidation sites excluding steroid dienone is 2. The normalized spacial score (nSPS) is 22.2. The van der Waals surface area contributed by atoms with Crippen LogP contribution in [0.15, 0.2) is 81.8 Å². The first-order chi connectivity index (χ1) is 21.0. The molecule has 2 aromatic carbocycles. The lowest BCUT2D eigenvalue weighted by molar-refractivity contribution is -0.141. The maximum atomic E-state index is 13.8. The molecule has 0 spiro atoms. The van der Waals surface area contributed by atoms with Crippen molar-refractivity contribution in [1.82, 2.24) is 19.6 Å². The molecule has 4 aromatic rings. The molecule has 1 saturated carbocycles. The zero-order valence-electron chi connectivity index (χ0n) is 23.2. The molecule has 0 N–H and O–H groups in total. The number of fused-ring (bicyclic) bond motifs is 4. The van der Waals surface area contributed by atoms with Crippen molar-refractivity contribution in [3.8, 4) is 16.8 Å². The van der Waals surface area contributed by atoms with E-state index >= 15 is 0 Å². The number of pyridine rings is 1. The van der Waals surface area contributed by atoms with E-state index < -0.39 is 11.9 Å². The van der Waals surface area contributed by atoms with E-state index in [2.05, 4.69) is 35.1 Å². The molecule has 2 aromatic heterocycles. The summed E-state index contributed by atoms with van der Waals surface area (Å²) < 4.78 is 42.6. The fraction of sp³-hybridized carbons (Fsp3) is 0.273. The third kappa shape index (κ3) is 4.47. The van der Waals surface area contributed by atoms with Gasteiger partial charge in [0.15, 0.2) is 5.69 Å². The summed E-state index contributed by atoms with van der Waals surface area (Å²) in [6, 6.07) is 14.5. The Balaban J connectivity index is 1.12. The Labute approximate surface area is 260 Å². The van der Waals surface area contributed by atoms with Crippen molar-refractivity contribution in [2.24, 2.45) is 10.9 Å². The predicted octanol–water partition coefficient (Wildman–Crippen LogP) is 7.92. The average Bonchev–Trinajstić information content (AvgIpc) is 3.28.